The number of hydrogen-bond donors (Lipinski definition) is 0. The van der Waals surface area contributed by atoms with Crippen LogP contribution < -0.4 is 0 Å². The Balaban J connectivity index is 0. The van der Waals surface area contributed by atoms with E-state index in [9.17, 15) is 0 Å². The molecule has 0 aliphatic heterocycles. The molecule has 0 radical (unpaired) electrons. The molecule has 0 aromatic heterocycles. The van der Waals surface area contributed by atoms with Crippen LogP contribution in [0.15, 0.2) is 0 Å². The van der Waals surface area contributed by atoms with Gasteiger partial charge in [-0.15, -0.1) is 0 Å². The van der Waals surface area contributed by atoms with E-state index in [4.69, 9.17) is 6.57 Å². The van der Waals surface area contributed by atoms with Crippen molar-refractivity contribution < 1.29 is 15.1 Å². The van der Waals surface area contributed by atoms with Crippen LogP contribution in [0.4, 0.5) is 0 Å². The molecule has 0 aromatic carbocycles. The summed E-state index contributed by atoms with van der Waals surface area (Å²) in [6.45, 7) is 12.1. The fourth-order valence-corrected chi connectivity index (χ4v) is 0. The van der Waals surface area contributed by atoms with Crippen molar-refractivity contribution in [3.63, 3.8) is 0 Å². The molecule has 0 saturated heterocycles. The fraction of sp³-hybridized carbons (Fsp3) is 0.800. The van der Waals surface area contributed by atoms with Gasteiger partial charge in [0.1, 0.15) is 0 Å². The molecule has 0 spiro atoms. The van der Waals surface area contributed by atoms with Crippen molar-refractivity contribution in [1.82, 2.24) is 0 Å². The molecule has 8 heavy (non-hydrogen) atoms. The van der Waals surface area contributed by atoms with E-state index in [1.165, 1.54) is 0 Å². The van der Waals surface area contributed by atoms with Gasteiger partial charge in [-0.1, -0.05) is 0 Å². The molecule has 0 N–H and O–H groups in total. The Morgan fingerprint density at radius 1 is 1.38 bits per heavy atom. The summed E-state index contributed by atoms with van der Waals surface area (Å²) < 4.78 is 0. The summed E-state index contributed by atoms with van der Waals surface area (Å²) in [6, 6.07) is 0. The molecule has 0 aliphatic carbocycles. The third kappa shape index (κ3) is 16.3. The van der Waals surface area contributed by atoms with E-state index in [1.54, 1.807) is 0 Å². The van der Waals surface area contributed by atoms with E-state index < -0.39 is 0 Å². The Morgan fingerprint density at radius 2 is 1.50 bits per heavy atom. The van der Waals surface area contributed by atoms with Crippen LogP contribution in [0.3, 0.4) is 0 Å². The predicted molar refractivity (Wildman–Crippen MR) is 32.2 cm³/mol. The second-order valence-corrected chi connectivity index (χ2v) is 2.28. The normalized spacial score (nSPS) is 8.62. The van der Waals surface area contributed by atoms with Crippen molar-refractivity contribution in [2.75, 3.05) is 0 Å². The maximum atomic E-state index is 6.48. The fourth-order valence-electron chi connectivity index (χ4n) is 0. The van der Waals surface area contributed by atoms with Gasteiger partial charge in [0.2, 0.25) is 5.54 Å². The van der Waals surface area contributed by atoms with Crippen LogP contribution in [0.2, 0.25) is 0 Å². The molecule has 3 heteroatoms. The molecule has 0 amide bonds. The molecule has 0 fully saturated rings. The van der Waals surface area contributed by atoms with Gasteiger partial charge in [0.15, 0.2) is 0 Å². The zero-order chi connectivity index (χ0) is 7.21. The van der Waals surface area contributed by atoms with E-state index in [0.717, 1.165) is 0 Å². The Labute approximate surface area is 63.3 Å². The molecule has 1 nitrogen and oxygen atoms in total. The van der Waals surface area contributed by atoms with Gasteiger partial charge < -0.3 is 4.85 Å². The van der Waals surface area contributed by atoms with Gasteiger partial charge in [-0.25, -0.2) is 6.57 Å². The molecule has 0 atom stereocenters. The summed E-state index contributed by atoms with van der Waals surface area (Å²) in [5.74, 6) is 0. The van der Waals surface area contributed by atoms with Crippen LogP contribution in [-0.4, -0.2) is 5.54 Å². The number of halogens is 1. The van der Waals surface area contributed by atoms with E-state index in [2.05, 4.69) is 30.0 Å². The van der Waals surface area contributed by atoms with Crippen LogP contribution in [-0.2, 0) is 15.1 Å². The monoisotopic (exact) mass is 181 g/mol. The first kappa shape index (κ1) is 11.1. The second kappa shape index (κ2) is 5.44. The van der Waals surface area contributed by atoms with E-state index in [-0.39, 0.29) is 5.54 Å². The number of rotatable bonds is 0. The molecular weight excluding hydrogens is 173 g/mol. The molecule has 0 aliphatic rings. The van der Waals surface area contributed by atoms with Gasteiger partial charge >= 0.3 is 25.2 Å². The summed E-state index contributed by atoms with van der Waals surface area (Å²) in [5.41, 5.74) is -0.167. The molecule has 0 rings (SSSR count). The second-order valence-electron chi connectivity index (χ2n) is 2.28. The third-order valence-electron chi connectivity index (χ3n) is 0.335. The summed E-state index contributed by atoms with van der Waals surface area (Å²) in [5, 5.41) is 0. The van der Waals surface area contributed by atoms with E-state index in [1.807, 2.05) is 20.8 Å². The minimum absolute atomic E-state index is 0.167. The quantitative estimate of drug-likeness (QED) is 0.400. The third-order valence-corrected chi connectivity index (χ3v) is 0.335. The van der Waals surface area contributed by atoms with Crippen LogP contribution in [0.5, 0.6) is 0 Å². The SMILES string of the molecule is [C-]#[N+]C(C)(C)C.[Cl][Cu]. The van der Waals surface area contributed by atoms with Crippen molar-refractivity contribution in [2.24, 2.45) is 0 Å². The molecule has 0 bridgehead atoms. The molecular formula is C5H9ClCuN. The summed E-state index contributed by atoms with van der Waals surface area (Å²) in [6.07, 6.45) is 0. The Bertz CT molecular complexity index is 79.4. The van der Waals surface area contributed by atoms with Crippen LogP contribution >= 0.6 is 10.1 Å². The maximum absolute atomic E-state index is 6.48. The molecule has 0 heterocycles. The first-order valence-corrected chi connectivity index (χ1v) is 3.36. The average Bonchev–Trinajstić information content (AvgIpc) is 1.71. The van der Waals surface area contributed by atoms with Gasteiger partial charge in [-0.2, -0.15) is 0 Å². The number of hydrogen-bond acceptors (Lipinski definition) is 0. The van der Waals surface area contributed by atoms with Crippen molar-refractivity contribution in [1.29, 1.82) is 0 Å². The Morgan fingerprint density at radius 3 is 1.50 bits per heavy atom. The van der Waals surface area contributed by atoms with Gasteiger partial charge in [0.05, 0.1) is 0 Å². The van der Waals surface area contributed by atoms with E-state index >= 15 is 0 Å². The predicted octanol–water partition coefficient (Wildman–Crippen LogP) is 2.39. The minimum atomic E-state index is -0.167. The van der Waals surface area contributed by atoms with E-state index in [0.29, 0.717) is 0 Å². The standard InChI is InChI=1S/C5H9N.ClH.Cu/c1-5(2,3)6-4;;/h1-3H3;1H;/q;;+1/p-1. The van der Waals surface area contributed by atoms with Crippen molar-refractivity contribution in [3.8, 4) is 0 Å². The summed E-state index contributed by atoms with van der Waals surface area (Å²) in [4.78, 5) is 3.27. The number of nitrogens with zero attached hydrogens (tertiary/aromatic N) is 1. The Hall–Kier alpha value is 0.299. The first-order valence-electron chi connectivity index (χ1n) is 2.06. The van der Waals surface area contributed by atoms with Crippen molar-refractivity contribution in [3.05, 3.63) is 11.4 Å². The molecule has 0 aromatic rings. The zero-order valence-electron chi connectivity index (χ0n) is 5.13. The van der Waals surface area contributed by atoms with Crippen molar-refractivity contribution in [2.45, 2.75) is 26.3 Å². The molecule has 0 unspecified atom stereocenters. The topological polar surface area (TPSA) is 4.36 Å². The summed E-state index contributed by atoms with van der Waals surface area (Å²) >= 11 is 3.66. The van der Waals surface area contributed by atoms with Crippen LogP contribution in [0, 0.1) is 6.57 Å². The summed E-state index contributed by atoms with van der Waals surface area (Å²) in [7, 11) is 4.20. The van der Waals surface area contributed by atoms with Gasteiger partial charge in [-0.05, 0) is 0 Å². The van der Waals surface area contributed by atoms with Crippen LogP contribution in [0.1, 0.15) is 20.8 Å². The Kier molecular flexibility index (Phi) is 7.57. The van der Waals surface area contributed by atoms with Crippen LogP contribution in [0.25, 0.3) is 4.85 Å². The average molecular weight is 182 g/mol. The molecule has 0 saturated carbocycles. The molecule has 52 valence electrons. The first-order chi connectivity index (χ1) is 3.56. The zero-order valence-corrected chi connectivity index (χ0v) is 6.82. The van der Waals surface area contributed by atoms with Gasteiger partial charge in [-0.3, -0.25) is 0 Å². The van der Waals surface area contributed by atoms with Crippen molar-refractivity contribution >= 4 is 10.1 Å². The van der Waals surface area contributed by atoms with Gasteiger partial charge in [0.25, 0.3) is 0 Å². The van der Waals surface area contributed by atoms with Gasteiger partial charge in [0, 0.05) is 20.8 Å².